The van der Waals surface area contributed by atoms with Gasteiger partial charge in [-0.05, 0) is 6.07 Å². The van der Waals surface area contributed by atoms with E-state index in [1.54, 1.807) is 0 Å². The summed E-state index contributed by atoms with van der Waals surface area (Å²) < 4.78 is 28.2. The molecule has 4 N–H and O–H groups in total. The molecular formula is C9H7N5O5S. The van der Waals surface area contributed by atoms with Crippen molar-refractivity contribution in [3.05, 3.63) is 33.9 Å². The lowest BCUT2D eigenvalue weighted by Crippen LogP contribution is -2.53. The number of anilines is 1. The van der Waals surface area contributed by atoms with Gasteiger partial charge in [-0.2, -0.15) is 13.1 Å². The van der Waals surface area contributed by atoms with Gasteiger partial charge >= 0.3 is 10.2 Å². The van der Waals surface area contributed by atoms with E-state index >= 15 is 0 Å². The van der Waals surface area contributed by atoms with Gasteiger partial charge in [-0.3, -0.25) is 14.9 Å². The first-order chi connectivity index (χ1) is 9.26. The molecule has 1 aromatic carbocycles. The topological polar surface area (TPSA) is 157 Å². The number of nitrogens with two attached hydrogens (primary N) is 1. The Morgan fingerprint density at radius 1 is 1.40 bits per heavy atom. The average Bonchev–Trinajstić information content (AvgIpc) is 2.75. The van der Waals surface area contributed by atoms with Gasteiger partial charge < -0.3 is 11.1 Å². The number of carbonyl (C=O) groups excluding carboxylic acids is 1. The third-order valence-corrected chi connectivity index (χ3v) is 4.09. The van der Waals surface area contributed by atoms with E-state index in [0.29, 0.717) is 0 Å². The van der Waals surface area contributed by atoms with Gasteiger partial charge in [0.1, 0.15) is 5.84 Å². The Hall–Kier alpha value is -2.53. The molecule has 2 aliphatic rings. The number of hydrogen-bond donors (Lipinski definition) is 3. The summed E-state index contributed by atoms with van der Waals surface area (Å²) in [6, 6.07) is 3.58. The van der Waals surface area contributed by atoms with Crippen molar-refractivity contribution in [2.24, 2.45) is 10.1 Å². The molecule has 0 saturated carbocycles. The largest absolute Gasteiger partial charge is 0.384 e. The SMILES string of the molecule is NC1=NS(=O)(=O)NC12C(=O)Nc1ccc([N+](=O)[O-])cc12. The van der Waals surface area contributed by atoms with Crippen LogP contribution in [-0.2, 0) is 20.5 Å². The number of carbonyl (C=O) groups is 1. The lowest BCUT2D eigenvalue weighted by Gasteiger charge is -2.19. The molecule has 0 radical (unpaired) electrons. The molecule has 1 spiro atoms. The number of amidine groups is 1. The Morgan fingerprint density at radius 3 is 2.65 bits per heavy atom. The van der Waals surface area contributed by atoms with Crippen molar-refractivity contribution in [2.75, 3.05) is 5.32 Å². The van der Waals surface area contributed by atoms with Gasteiger partial charge in [0.25, 0.3) is 11.6 Å². The highest BCUT2D eigenvalue weighted by Crippen LogP contribution is 2.40. The molecule has 0 bridgehead atoms. The quantitative estimate of drug-likeness (QED) is 0.443. The highest BCUT2D eigenvalue weighted by atomic mass is 32.2. The zero-order chi connectivity index (χ0) is 14.7. The molecule has 104 valence electrons. The summed E-state index contributed by atoms with van der Waals surface area (Å²) in [6.45, 7) is 0. The molecule has 1 amide bonds. The molecule has 2 heterocycles. The summed E-state index contributed by atoms with van der Waals surface area (Å²) in [4.78, 5) is 22.2. The fourth-order valence-electron chi connectivity index (χ4n) is 2.23. The van der Waals surface area contributed by atoms with Crippen molar-refractivity contribution in [1.29, 1.82) is 0 Å². The monoisotopic (exact) mass is 297 g/mol. The molecule has 1 aromatic rings. The van der Waals surface area contributed by atoms with Crippen molar-refractivity contribution in [1.82, 2.24) is 4.72 Å². The number of non-ortho nitro benzene ring substituents is 1. The first-order valence-electron chi connectivity index (χ1n) is 5.26. The van der Waals surface area contributed by atoms with Crippen LogP contribution in [0.1, 0.15) is 5.56 Å². The van der Waals surface area contributed by atoms with Crippen LogP contribution in [0.4, 0.5) is 11.4 Å². The maximum Gasteiger partial charge on any atom is 0.323 e. The molecule has 3 rings (SSSR count). The number of hydrogen-bond acceptors (Lipinski definition) is 6. The van der Waals surface area contributed by atoms with Gasteiger partial charge in [-0.25, -0.2) is 0 Å². The molecule has 20 heavy (non-hydrogen) atoms. The zero-order valence-electron chi connectivity index (χ0n) is 9.65. The third kappa shape index (κ3) is 1.44. The number of nitro benzene ring substituents is 1. The predicted molar refractivity (Wildman–Crippen MR) is 67.1 cm³/mol. The van der Waals surface area contributed by atoms with E-state index in [9.17, 15) is 23.3 Å². The Morgan fingerprint density at radius 2 is 2.10 bits per heavy atom. The Bertz CT molecular complexity index is 801. The van der Waals surface area contributed by atoms with Gasteiger partial charge in [0.2, 0.25) is 0 Å². The van der Waals surface area contributed by atoms with Crippen LogP contribution in [0.5, 0.6) is 0 Å². The number of fused-ring (bicyclic) bond motifs is 2. The first-order valence-corrected chi connectivity index (χ1v) is 6.70. The van der Waals surface area contributed by atoms with E-state index in [0.717, 1.165) is 6.07 Å². The number of benzene rings is 1. The molecule has 2 aliphatic heterocycles. The smallest absolute Gasteiger partial charge is 0.323 e. The van der Waals surface area contributed by atoms with Crippen LogP contribution in [0, 0.1) is 10.1 Å². The lowest BCUT2D eigenvalue weighted by atomic mass is 9.91. The molecule has 0 aromatic heterocycles. The Labute approximate surface area is 112 Å². The van der Waals surface area contributed by atoms with Crippen LogP contribution in [-0.4, -0.2) is 25.1 Å². The summed E-state index contributed by atoms with van der Waals surface area (Å²) in [7, 11) is -4.11. The van der Waals surface area contributed by atoms with Crippen LogP contribution >= 0.6 is 0 Å². The minimum Gasteiger partial charge on any atom is -0.384 e. The molecule has 1 unspecified atom stereocenters. The normalized spacial score (nSPS) is 26.2. The van der Waals surface area contributed by atoms with Crippen molar-refractivity contribution in [3.63, 3.8) is 0 Å². The van der Waals surface area contributed by atoms with E-state index in [4.69, 9.17) is 5.73 Å². The zero-order valence-corrected chi connectivity index (χ0v) is 10.5. The van der Waals surface area contributed by atoms with Crippen molar-refractivity contribution < 1.29 is 18.1 Å². The fourth-order valence-corrected chi connectivity index (χ4v) is 3.36. The van der Waals surface area contributed by atoms with Gasteiger partial charge in [-0.1, -0.05) is 0 Å². The van der Waals surface area contributed by atoms with Crippen molar-refractivity contribution >= 4 is 33.3 Å². The predicted octanol–water partition coefficient (Wildman–Crippen LogP) is -1.05. The standard InChI is InChI=1S/C9H7N5O5S/c10-7-9(13-20(18,19)12-7)5-3-4(14(16)17)1-2-6(5)11-8(9)15/h1-3,13H,(H2,10,12)(H,11,15). The minimum atomic E-state index is -4.11. The number of nitro groups is 1. The highest BCUT2D eigenvalue weighted by Gasteiger charge is 2.57. The summed E-state index contributed by atoms with van der Waals surface area (Å²) in [5.74, 6) is -1.23. The van der Waals surface area contributed by atoms with Crippen LogP contribution in [0.2, 0.25) is 0 Å². The van der Waals surface area contributed by atoms with E-state index in [1.165, 1.54) is 12.1 Å². The second-order valence-corrected chi connectivity index (χ2v) is 5.58. The summed E-state index contributed by atoms with van der Waals surface area (Å²) in [5.41, 5.74) is 3.64. The third-order valence-electron chi connectivity index (χ3n) is 3.09. The molecular weight excluding hydrogens is 290 g/mol. The molecule has 0 aliphatic carbocycles. The fraction of sp³-hybridized carbons (Fsp3) is 0.111. The molecule has 10 nitrogen and oxygen atoms in total. The van der Waals surface area contributed by atoms with Crippen LogP contribution in [0.15, 0.2) is 22.6 Å². The van der Waals surface area contributed by atoms with Crippen molar-refractivity contribution in [3.8, 4) is 0 Å². The van der Waals surface area contributed by atoms with Gasteiger partial charge in [0.05, 0.1) is 4.92 Å². The lowest BCUT2D eigenvalue weighted by molar-refractivity contribution is -0.384. The van der Waals surface area contributed by atoms with Crippen molar-refractivity contribution in [2.45, 2.75) is 5.54 Å². The van der Waals surface area contributed by atoms with E-state index < -0.39 is 32.4 Å². The molecule has 11 heteroatoms. The van der Waals surface area contributed by atoms with Gasteiger partial charge in [0.15, 0.2) is 5.54 Å². The van der Waals surface area contributed by atoms with E-state index in [2.05, 4.69) is 9.71 Å². The summed E-state index contributed by atoms with van der Waals surface area (Å²) in [5, 5.41) is 13.2. The first kappa shape index (κ1) is 12.5. The Balaban J connectivity index is 2.27. The Kier molecular flexibility index (Phi) is 2.20. The summed E-state index contributed by atoms with van der Waals surface area (Å²) >= 11 is 0. The van der Waals surface area contributed by atoms with Gasteiger partial charge in [-0.15, -0.1) is 4.40 Å². The second-order valence-electron chi connectivity index (χ2n) is 4.24. The van der Waals surface area contributed by atoms with Crippen LogP contribution < -0.4 is 15.8 Å². The molecule has 1 atom stereocenters. The van der Waals surface area contributed by atoms with Crippen LogP contribution in [0.3, 0.4) is 0 Å². The average molecular weight is 297 g/mol. The maximum atomic E-state index is 12.1. The number of nitrogens with zero attached hydrogens (tertiary/aromatic N) is 2. The minimum absolute atomic E-state index is 0.0547. The molecule has 0 fully saturated rings. The number of amides is 1. The highest BCUT2D eigenvalue weighted by molar-refractivity contribution is 7.88. The van der Waals surface area contributed by atoms with E-state index in [1.807, 2.05) is 4.72 Å². The maximum absolute atomic E-state index is 12.1. The second kappa shape index (κ2) is 3.52. The van der Waals surface area contributed by atoms with Crippen LogP contribution in [0.25, 0.3) is 0 Å². The number of rotatable bonds is 1. The molecule has 0 saturated heterocycles. The summed E-state index contributed by atoms with van der Waals surface area (Å²) in [6.07, 6.45) is 0. The van der Waals surface area contributed by atoms with Gasteiger partial charge in [0, 0.05) is 23.4 Å². The van der Waals surface area contributed by atoms with E-state index in [-0.39, 0.29) is 16.9 Å². The number of nitrogens with one attached hydrogen (secondary N) is 2.